The van der Waals surface area contributed by atoms with Crippen molar-refractivity contribution in [2.75, 3.05) is 13.1 Å². The fraction of sp³-hybridized carbons (Fsp3) is 0.560. The number of halogens is 2. The van der Waals surface area contributed by atoms with Crippen LogP contribution in [0.1, 0.15) is 51.0 Å². The number of aromatic nitrogens is 4. The lowest BCUT2D eigenvalue weighted by molar-refractivity contribution is -0.0512. The van der Waals surface area contributed by atoms with Gasteiger partial charge >= 0.3 is 5.69 Å². The Bertz CT molecular complexity index is 1270. The first-order valence-electron chi connectivity index (χ1n) is 12.2. The van der Waals surface area contributed by atoms with Gasteiger partial charge in [-0.3, -0.25) is 14.3 Å². The van der Waals surface area contributed by atoms with Crippen LogP contribution in [-0.2, 0) is 6.42 Å². The summed E-state index contributed by atoms with van der Waals surface area (Å²) in [7, 11) is 0. The summed E-state index contributed by atoms with van der Waals surface area (Å²) < 4.78 is 30.1. The number of alkyl halides is 2. The van der Waals surface area contributed by atoms with E-state index < -0.39 is 17.2 Å². The molecule has 0 unspecified atom stereocenters. The Morgan fingerprint density at radius 1 is 1.12 bits per heavy atom. The minimum absolute atomic E-state index is 0.0345. The van der Waals surface area contributed by atoms with Crippen LogP contribution in [0, 0.1) is 11.8 Å². The van der Waals surface area contributed by atoms with E-state index in [-0.39, 0.29) is 12.8 Å². The Morgan fingerprint density at radius 2 is 1.91 bits per heavy atom. The number of nitrogens with one attached hydrogen (secondary N) is 1. The van der Waals surface area contributed by atoms with Gasteiger partial charge in [-0.05, 0) is 75.1 Å². The molecule has 1 saturated carbocycles. The van der Waals surface area contributed by atoms with E-state index in [1.807, 2.05) is 6.20 Å². The first-order valence-corrected chi connectivity index (χ1v) is 12.2. The Morgan fingerprint density at radius 3 is 2.65 bits per heavy atom. The van der Waals surface area contributed by atoms with E-state index in [1.54, 1.807) is 10.7 Å². The first kappa shape index (κ1) is 23.0. The zero-order valence-electron chi connectivity index (χ0n) is 19.4. The van der Waals surface area contributed by atoms with E-state index in [4.69, 9.17) is 0 Å². The highest BCUT2D eigenvalue weighted by Gasteiger charge is 2.36. The smallest absolute Gasteiger partial charge is 0.300 e. The zero-order chi connectivity index (χ0) is 23.9. The second-order valence-corrected chi connectivity index (χ2v) is 10.1. The zero-order valence-corrected chi connectivity index (χ0v) is 19.4. The molecule has 7 nitrogen and oxygen atoms in total. The van der Waals surface area contributed by atoms with E-state index in [0.717, 1.165) is 37.9 Å². The van der Waals surface area contributed by atoms with E-state index in [9.17, 15) is 18.4 Å². The molecule has 0 aromatic carbocycles. The molecule has 3 aromatic heterocycles. The van der Waals surface area contributed by atoms with Crippen molar-refractivity contribution in [3.8, 4) is 5.69 Å². The number of nitrogens with zero attached hydrogens (tertiary/aromatic N) is 4. The minimum atomic E-state index is -2.46. The normalized spacial score (nSPS) is 24.0. The lowest BCUT2D eigenvalue weighted by Gasteiger charge is -2.41. The fourth-order valence-electron chi connectivity index (χ4n) is 5.65. The van der Waals surface area contributed by atoms with Crippen LogP contribution in [0.4, 0.5) is 8.78 Å². The van der Waals surface area contributed by atoms with Gasteiger partial charge in [0.1, 0.15) is 0 Å². The lowest BCUT2D eigenvalue weighted by atomic mass is 9.83. The third-order valence-corrected chi connectivity index (χ3v) is 7.63. The van der Waals surface area contributed by atoms with Crippen LogP contribution < -0.4 is 11.2 Å². The van der Waals surface area contributed by atoms with Crippen molar-refractivity contribution in [3.63, 3.8) is 0 Å². The highest BCUT2D eigenvalue weighted by molar-refractivity contribution is 5.64. The van der Waals surface area contributed by atoms with Gasteiger partial charge in [-0.15, -0.1) is 0 Å². The molecule has 2 atom stereocenters. The van der Waals surface area contributed by atoms with Gasteiger partial charge in [0.05, 0.1) is 17.4 Å². The van der Waals surface area contributed by atoms with E-state index in [1.165, 1.54) is 22.4 Å². The maximum Gasteiger partial charge on any atom is 0.333 e. The van der Waals surface area contributed by atoms with Crippen LogP contribution >= 0.6 is 0 Å². The van der Waals surface area contributed by atoms with Crippen LogP contribution in [0.3, 0.4) is 0 Å². The Labute approximate surface area is 196 Å². The van der Waals surface area contributed by atoms with Crippen molar-refractivity contribution in [1.29, 1.82) is 0 Å². The van der Waals surface area contributed by atoms with Gasteiger partial charge in [0.25, 0.3) is 5.56 Å². The summed E-state index contributed by atoms with van der Waals surface area (Å²) in [5.74, 6) is -1.53. The molecule has 182 valence electrons. The topological polar surface area (TPSA) is 75.4 Å². The average molecular weight is 472 g/mol. The van der Waals surface area contributed by atoms with Gasteiger partial charge in [-0.2, -0.15) is 5.10 Å². The maximum absolute atomic E-state index is 13.5. The molecule has 1 N–H and O–H groups in total. The van der Waals surface area contributed by atoms with Crippen LogP contribution in [0.5, 0.6) is 0 Å². The van der Waals surface area contributed by atoms with Crippen molar-refractivity contribution < 1.29 is 8.78 Å². The Balaban J connectivity index is 1.24. The van der Waals surface area contributed by atoms with Crippen molar-refractivity contribution >= 4 is 5.52 Å². The summed E-state index contributed by atoms with van der Waals surface area (Å²) in [4.78, 5) is 28.4. The molecule has 1 aliphatic heterocycles. The van der Waals surface area contributed by atoms with E-state index in [0.29, 0.717) is 36.4 Å². The number of likely N-dealkylation sites (tertiary alicyclic amines) is 1. The molecule has 5 rings (SSSR count). The molecular formula is C25H31F2N5O2. The average Bonchev–Trinajstić information content (AvgIpc) is 3.20. The van der Waals surface area contributed by atoms with Crippen LogP contribution in [0.15, 0.2) is 46.4 Å². The number of H-pyrrole nitrogens is 1. The monoisotopic (exact) mass is 471 g/mol. The Hall–Kier alpha value is -2.81. The largest absolute Gasteiger partial charge is 0.333 e. The number of fused-ring (bicyclic) bond motifs is 1. The molecule has 2 fully saturated rings. The molecule has 4 heterocycles. The third-order valence-electron chi connectivity index (χ3n) is 7.63. The van der Waals surface area contributed by atoms with E-state index >= 15 is 0 Å². The van der Waals surface area contributed by atoms with Crippen LogP contribution in [0.2, 0.25) is 0 Å². The van der Waals surface area contributed by atoms with Crippen molar-refractivity contribution in [2.24, 2.45) is 11.8 Å². The fourth-order valence-corrected chi connectivity index (χ4v) is 5.65. The SMILES string of the molecule is C[C@H]1C[C@H](Cc2ccn3ncc(-n4ccc(=O)[nH]c4=O)c3c2)CCN1CC1CCC(F)(F)CC1. The highest BCUT2D eigenvalue weighted by atomic mass is 19.3. The van der Waals surface area contributed by atoms with E-state index in [2.05, 4.69) is 34.0 Å². The van der Waals surface area contributed by atoms with Crippen molar-refractivity contribution in [2.45, 2.75) is 63.8 Å². The molecule has 0 amide bonds. The molecule has 2 aliphatic rings. The molecule has 0 radical (unpaired) electrons. The Kier molecular flexibility index (Phi) is 6.14. The number of hydrogen-bond donors (Lipinski definition) is 1. The first-order chi connectivity index (χ1) is 16.3. The van der Waals surface area contributed by atoms with Gasteiger partial charge in [0.15, 0.2) is 0 Å². The molecular weight excluding hydrogens is 440 g/mol. The van der Waals surface area contributed by atoms with Gasteiger partial charge in [0, 0.05) is 43.9 Å². The van der Waals surface area contributed by atoms with Gasteiger partial charge in [-0.1, -0.05) is 0 Å². The van der Waals surface area contributed by atoms with Crippen molar-refractivity contribution in [3.05, 3.63) is 63.2 Å². The second-order valence-electron chi connectivity index (χ2n) is 10.1. The van der Waals surface area contributed by atoms with Gasteiger partial charge in [-0.25, -0.2) is 18.1 Å². The maximum atomic E-state index is 13.5. The molecule has 9 heteroatoms. The van der Waals surface area contributed by atoms with Crippen LogP contribution in [-0.4, -0.2) is 49.1 Å². The van der Waals surface area contributed by atoms with Gasteiger partial charge in [0.2, 0.25) is 5.92 Å². The summed E-state index contributed by atoms with van der Waals surface area (Å²) in [6.45, 7) is 4.19. The number of rotatable bonds is 5. The predicted octanol–water partition coefficient (Wildman–Crippen LogP) is 3.64. The summed E-state index contributed by atoms with van der Waals surface area (Å²) in [5, 5.41) is 4.34. The summed E-state index contributed by atoms with van der Waals surface area (Å²) in [6, 6.07) is 5.90. The standard InChI is InChI=1S/C25H31F2N5O2/c1-17-12-19(4-9-30(17)16-18-2-7-25(26,27)8-3-18)13-20-5-11-32-21(14-20)22(15-28-32)31-10-6-23(33)29-24(31)34/h5-6,10-11,14-15,17-19H,2-4,7-9,12-13,16H2,1H3,(H,29,33,34)/t17-,19+/m0/s1. The molecule has 0 bridgehead atoms. The minimum Gasteiger partial charge on any atom is -0.300 e. The third kappa shape index (κ3) is 4.85. The number of aromatic amines is 1. The quantitative estimate of drug-likeness (QED) is 0.617. The van der Waals surface area contributed by atoms with Crippen molar-refractivity contribution in [1.82, 2.24) is 24.1 Å². The number of pyridine rings is 1. The van der Waals surface area contributed by atoms with Crippen LogP contribution in [0.25, 0.3) is 11.2 Å². The lowest BCUT2D eigenvalue weighted by Crippen LogP contribution is -2.44. The summed E-state index contributed by atoms with van der Waals surface area (Å²) in [6.07, 6.45) is 9.44. The summed E-state index contributed by atoms with van der Waals surface area (Å²) in [5.41, 5.74) is 1.71. The molecule has 0 spiro atoms. The molecule has 3 aromatic rings. The molecule has 1 saturated heterocycles. The molecule has 1 aliphatic carbocycles. The highest BCUT2D eigenvalue weighted by Crippen LogP contribution is 2.37. The van der Waals surface area contributed by atoms with Gasteiger partial charge < -0.3 is 4.90 Å². The second kappa shape index (κ2) is 9.09. The predicted molar refractivity (Wildman–Crippen MR) is 126 cm³/mol. The number of hydrogen-bond acceptors (Lipinski definition) is 4. The summed E-state index contributed by atoms with van der Waals surface area (Å²) >= 11 is 0. The number of piperidine rings is 1. The molecule has 34 heavy (non-hydrogen) atoms.